The van der Waals surface area contributed by atoms with E-state index < -0.39 is 47.4 Å². The van der Waals surface area contributed by atoms with Gasteiger partial charge in [0.15, 0.2) is 11.5 Å². The molecule has 1 rings (SSSR count). The molecular weight excluding hydrogens is 490 g/mol. The molecule has 0 heterocycles. The standard InChI is InChI=1S/C29H45NO8/c1-9-17(3)13-24(31)37-22-12-11-20(16-23(22)38-25(32)14-18(4)10-2)21(26(30)27(33)34)15-19(5)36-28(35)29(6,7)8/h11-12,16-19,21,26H,9-10,13-15,30H2,1-8H3,(H,33,34)/t17?,18?,19?,21?,26-/m0/s1. The van der Waals surface area contributed by atoms with Crippen molar-refractivity contribution in [1.82, 2.24) is 0 Å². The van der Waals surface area contributed by atoms with Crippen LogP contribution in [0.5, 0.6) is 11.5 Å². The van der Waals surface area contributed by atoms with Crippen LogP contribution in [0.25, 0.3) is 0 Å². The van der Waals surface area contributed by atoms with E-state index in [9.17, 15) is 24.3 Å². The zero-order valence-electron chi connectivity index (χ0n) is 24.0. The molecule has 5 atom stereocenters. The van der Waals surface area contributed by atoms with Crippen molar-refractivity contribution in [3.05, 3.63) is 23.8 Å². The first-order chi connectivity index (χ1) is 17.6. The minimum atomic E-state index is -1.33. The van der Waals surface area contributed by atoms with Gasteiger partial charge < -0.3 is 25.1 Å². The largest absolute Gasteiger partial charge is 0.480 e. The van der Waals surface area contributed by atoms with Crippen molar-refractivity contribution in [1.29, 1.82) is 0 Å². The van der Waals surface area contributed by atoms with E-state index in [1.165, 1.54) is 12.1 Å². The van der Waals surface area contributed by atoms with Crippen LogP contribution in [0.2, 0.25) is 0 Å². The predicted octanol–water partition coefficient (Wildman–Crippen LogP) is 5.23. The summed E-state index contributed by atoms with van der Waals surface area (Å²) in [5.74, 6) is -3.12. The number of rotatable bonds is 14. The maximum atomic E-state index is 12.6. The Morgan fingerprint density at radius 2 is 1.39 bits per heavy atom. The Bertz CT molecular complexity index is 968. The third-order valence-electron chi connectivity index (χ3n) is 6.49. The van der Waals surface area contributed by atoms with Gasteiger partial charge in [0.1, 0.15) is 6.04 Å². The van der Waals surface area contributed by atoms with Gasteiger partial charge in [0.2, 0.25) is 0 Å². The Labute approximate surface area is 226 Å². The summed E-state index contributed by atoms with van der Waals surface area (Å²) in [6.07, 6.45) is 1.43. The van der Waals surface area contributed by atoms with Gasteiger partial charge in [-0.25, -0.2) is 0 Å². The number of esters is 3. The fourth-order valence-corrected chi connectivity index (χ4v) is 3.53. The number of hydrogen-bond acceptors (Lipinski definition) is 8. The van der Waals surface area contributed by atoms with E-state index >= 15 is 0 Å². The zero-order valence-corrected chi connectivity index (χ0v) is 24.0. The quantitative estimate of drug-likeness (QED) is 0.242. The number of aliphatic carboxylic acids is 1. The van der Waals surface area contributed by atoms with Gasteiger partial charge in [0.05, 0.1) is 11.5 Å². The van der Waals surface area contributed by atoms with E-state index in [0.29, 0.717) is 5.56 Å². The van der Waals surface area contributed by atoms with Crippen molar-refractivity contribution in [2.75, 3.05) is 0 Å². The van der Waals surface area contributed by atoms with E-state index in [2.05, 4.69) is 0 Å². The lowest BCUT2D eigenvalue weighted by atomic mass is 9.86. The van der Waals surface area contributed by atoms with Crippen molar-refractivity contribution in [3.63, 3.8) is 0 Å². The summed E-state index contributed by atoms with van der Waals surface area (Å²) in [5.41, 5.74) is 5.77. The van der Waals surface area contributed by atoms with E-state index in [0.717, 1.165) is 12.8 Å². The lowest BCUT2D eigenvalue weighted by Gasteiger charge is -2.27. The van der Waals surface area contributed by atoms with Crippen LogP contribution in [-0.2, 0) is 23.9 Å². The van der Waals surface area contributed by atoms with Crippen LogP contribution in [0.1, 0.15) is 99.0 Å². The van der Waals surface area contributed by atoms with Crippen LogP contribution in [0, 0.1) is 17.3 Å². The number of carboxylic acids is 1. The maximum Gasteiger partial charge on any atom is 0.321 e. The summed E-state index contributed by atoms with van der Waals surface area (Å²) >= 11 is 0. The average molecular weight is 536 g/mol. The molecule has 3 N–H and O–H groups in total. The molecule has 38 heavy (non-hydrogen) atoms. The molecule has 0 aliphatic rings. The molecule has 0 bridgehead atoms. The molecular formula is C29H45NO8. The topological polar surface area (TPSA) is 142 Å². The molecule has 1 aromatic rings. The summed E-state index contributed by atoms with van der Waals surface area (Å²) in [7, 11) is 0. The third-order valence-corrected chi connectivity index (χ3v) is 6.49. The van der Waals surface area contributed by atoms with Crippen LogP contribution < -0.4 is 15.2 Å². The van der Waals surface area contributed by atoms with E-state index in [1.807, 2.05) is 27.7 Å². The molecule has 0 aromatic heterocycles. The second kappa shape index (κ2) is 14.9. The van der Waals surface area contributed by atoms with E-state index in [1.54, 1.807) is 33.8 Å². The Balaban J connectivity index is 3.38. The molecule has 0 aliphatic heterocycles. The first-order valence-electron chi connectivity index (χ1n) is 13.3. The summed E-state index contributed by atoms with van der Waals surface area (Å²) in [4.78, 5) is 49.3. The van der Waals surface area contributed by atoms with Gasteiger partial charge in [-0.2, -0.15) is 0 Å². The second-order valence-corrected chi connectivity index (χ2v) is 11.3. The summed E-state index contributed by atoms with van der Waals surface area (Å²) in [6, 6.07) is 3.21. The smallest absolute Gasteiger partial charge is 0.321 e. The summed E-state index contributed by atoms with van der Waals surface area (Å²) in [6.45, 7) is 14.6. The number of carbonyl (C=O) groups excluding carboxylic acids is 3. The van der Waals surface area contributed by atoms with Gasteiger partial charge in [-0.1, -0.05) is 46.6 Å². The minimum Gasteiger partial charge on any atom is -0.480 e. The first kappa shape index (κ1) is 33.1. The Morgan fingerprint density at radius 1 is 0.895 bits per heavy atom. The Morgan fingerprint density at radius 3 is 1.84 bits per heavy atom. The van der Waals surface area contributed by atoms with Crippen LogP contribution in [0.3, 0.4) is 0 Å². The van der Waals surface area contributed by atoms with Crippen LogP contribution in [-0.4, -0.2) is 41.1 Å². The lowest BCUT2D eigenvalue weighted by Crippen LogP contribution is -2.39. The molecule has 1 aromatic carbocycles. The predicted molar refractivity (Wildman–Crippen MR) is 144 cm³/mol. The second-order valence-electron chi connectivity index (χ2n) is 11.3. The number of carbonyl (C=O) groups is 4. The molecule has 0 saturated carbocycles. The highest BCUT2D eigenvalue weighted by atomic mass is 16.6. The number of nitrogens with two attached hydrogens (primary N) is 1. The van der Waals surface area contributed by atoms with Crippen molar-refractivity contribution in [3.8, 4) is 11.5 Å². The normalized spacial score (nSPS) is 15.5. The zero-order chi connectivity index (χ0) is 29.2. The fourth-order valence-electron chi connectivity index (χ4n) is 3.53. The van der Waals surface area contributed by atoms with Gasteiger partial charge in [-0.3, -0.25) is 19.2 Å². The molecule has 9 nitrogen and oxygen atoms in total. The van der Waals surface area contributed by atoms with Gasteiger partial charge in [0.25, 0.3) is 0 Å². The highest BCUT2D eigenvalue weighted by molar-refractivity contribution is 5.78. The third kappa shape index (κ3) is 10.8. The monoisotopic (exact) mass is 535 g/mol. The van der Waals surface area contributed by atoms with Crippen LogP contribution in [0.15, 0.2) is 18.2 Å². The van der Waals surface area contributed by atoms with Crippen molar-refractivity contribution >= 4 is 23.9 Å². The highest BCUT2D eigenvalue weighted by Crippen LogP contribution is 2.35. The molecule has 0 radical (unpaired) electrons. The lowest BCUT2D eigenvalue weighted by molar-refractivity contribution is -0.158. The van der Waals surface area contributed by atoms with Gasteiger partial charge in [-0.15, -0.1) is 0 Å². The molecule has 0 saturated heterocycles. The van der Waals surface area contributed by atoms with Gasteiger partial charge in [-0.05, 0) is 63.6 Å². The van der Waals surface area contributed by atoms with Crippen LogP contribution in [0.4, 0.5) is 0 Å². The van der Waals surface area contributed by atoms with E-state index in [-0.39, 0.29) is 42.6 Å². The Kier molecular flexibility index (Phi) is 12.9. The maximum absolute atomic E-state index is 12.6. The molecule has 0 fully saturated rings. The van der Waals surface area contributed by atoms with Gasteiger partial charge in [0, 0.05) is 18.8 Å². The molecule has 9 heteroatoms. The molecule has 4 unspecified atom stereocenters. The number of carboxylic acid groups (broad SMARTS) is 1. The van der Waals surface area contributed by atoms with Crippen molar-refractivity contribution < 1.29 is 38.5 Å². The van der Waals surface area contributed by atoms with Gasteiger partial charge >= 0.3 is 23.9 Å². The Hall–Kier alpha value is -2.94. The van der Waals surface area contributed by atoms with E-state index in [4.69, 9.17) is 19.9 Å². The summed E-state index contributed by atoms with van der Waals surface area (Å²) < 4.78 is 16.7. The molecule has 0 spiro atoms. The fraction of sp³-hybridized carbons (Fsp3) is 0.655. The molecule has 0 aliphatic carbocycles. The SMILES string of the molecule is CCC(C)CC(=O)Oc1ccc(C(CC(C)OC(=O)C(C)(C)C)[C@H](N)C(=O)O)cc1OC(=O)CC(C)CC. The molecule has 214 valence electrons. The summed E-state index contributed by atoms with van der Waals surface area (Å²) in [5, 5.41) is 9.67. The average Bonchev–Trinajstić information content (AvgIpc) is 2.82. The minimum absolute atomic E-state index is 0.00947. The highest BCUT2D eigenvalue weighted by Gasteiger charge is 2.32. The molecule has 0 amide bonds. The van der Waals surface area contributed by atoms with Crippen molar-refractivity contribution in [2.24, 2.45) is 23.0 Å². The van der Waals surface area contributed by atoms with Crippen LogP contribution >= 0.6 is 0 Å². The van der Waals surface area contributed by atoms with Crippen molar-refractivity contribution in [2.45, 2.75) is 106 Å². The number of hydrogen-bond donors (Lipinski definition) is 2. The number of benzene rings is 1. The number of ether oxygens (including phenoxy) is 3. The first-order valence-corrected chi connectivity index (χ1v) is 13.3.